The van der Waals surface area contributed by atoms with Gasteiger partial charge in [-0.15, -0.1) is 0 Å². The van der Waals surface area contributed by atoms with E-state index in [-0.39, 0.29) is 12.1 Å². The molecule has 2 N–H and O–H groups in total. The molecule has 1 heterocycles. The maximum atomic E-state index is 10.9. The molecule has 1 aromatic rings. The first kappa shape index (κ1) is 10.2. The van der Waals surface area contributed by atoms with Gasteiger partial charge in [-0.2, -0.15) is 0 Å². The van der Waals surface area contributed by atoms with E-state index in [4.69, 9.17) is 5.11 Å². The molecular weight excluding hydrogens is 190 g/mol. The fourth-order valence-corrected chi connectivity index (χ4v) is 2.08. The largest absolute Gasteiger partial charge is 0.480 e. The Labute approximate surface area is 89.1 Å². The predicted molar refractivity (Wildman–Crippen MR) is 57.6 cm³/mol. The summed E-state index contributed by atoms with van der Waals surface area (Å²) in [6, 6.07) is 9.85. The Hall–Kier alpha value is -1.35. The van der Waals surface area contributed by atoms with Crippen LogP contribution in [0.15, 0.2) is 30.3 Å². The van der Waals surface area contributed by atoms with Crippen LogP contribution < -0.4 is 5.32 Å². The molecule has 0 amide bonds. The molecule has 3 nitrogen and oxygen atoms in total. The van der Waals surface area contributed by atoms with E-state index in [0.29, 0.717) is 0 Å². The summed E-state index contributed by atoms with van der Waals surface area (Å²) in [4.78, 5) is 10.9. The van der Waals surface area contributed by atoms with E-state index < -0.39 is 5.97 Å². The zero-order chi connectivity index (χ0) is 10.7. The minimum atomic E-state index is -0.740. The van der Waals surface area contributed by atoms with Crippen LogP contribution in [-0.2, 0) is 4.79 Å². The van der Waals surface area contributed by atoms with Crippen LogP contribution in [0.4, 0.5) is 0 Å². The SMILES string of the molecule is O=C(O)[C@H]1CCC[C@@H](c2ccccc2)N1. The summed E-state index contributed by atoms with van der Waals surface area (Å²) in [6.07, 6.45) is 2.73. The van der Waals surface area contributed by atoms with Gasteiger partial charge in [0.1, 0.15) is 6.04 Å². The van der Waals surface area contributed by atoms with Crippen molar-refractivity contribution >= 4 is 5.97 Å². The van der Waals surface area contributed by atoms with Gasteiger partial charge in [0.15, 0.2) is 0 Å². The molecule has 1 saturated heterocycles. The molecule has 0 aromatic heterocycles. The molecule has 1 aliphatic heterocycles. The molecule has 0 aliphatic carbocycles. The van der Waals surface area contributed by atoms with Crippen LogP contribution in [0.25, 0.3) is 0 Å². The van der Waals surface area contributed by atoms with Crippen LogP contribution in [0.1, 0.15) is 30.9 Å². The number of aliphatic carboxylic acids is 1. The van der Waals surface area contributed by atoms with Crippen molar-refractivity contribution in [1.29, 1.82) is 0 Å². The maximum Gasteiger partial charge on any atom is 0.320 e. The Balaban J connectivity index is 2.08. The van der Waals surface area contributed by atoms with Crippen molar-refractivity contribution < 1.29 is 9.90 Å². The average molecular weight is 205 g/mol. The average Bonchev–Trinajstić information content (AvgIpc) is 2.30. The van der Waals surface area contributed by atoms with Gasteiger partial charge in [0, 0.05) is 6.04 Å². The molecule has 3 heteroatoms. The number of carboxylic acids is 1. The Morgan fingerprint density at radius 2 is 2.00 bits per heavy atom. The van der Waals surface area contributed by atoms with Crippen molar-refractivity contribution in [3.05, 3.63) is 35.9 Å². The third kappa shape index (κ3) is 2.36. The molecule has 1 aromatic carbocycles. The first-order chi connectivity index (χ1) is 7.27. The van der Waals surface area contributed by atoms with Gasteiger partial charge in [-0.05, 0) is 24.8 Å². The van der Waals surface area contributed by atoms with Gasteiger partial charge in [0.2, 0.25) is 0 Å². The molecule has 1 aliphatic rings. The molecule has 2 atom stereocenters. The van der Waals surface area contributed by atoms with Crippen LogP contribution in [0.3, 0.4) is 0 Å². The molecular formula is C12H15NO2. The van der Waals surface area contributed by atoms with Crippen LogP contribution in [0.5, 0.6) is 0 Å². The lowest BCUT2D eigenvalue weighted by molar-refractivity contribution is -0.140. The number of hydrogen-bond acceptors (Lipinski definition) is 2. The molecule has 0 unspecified atom stereocenters. The molecule has 0 radical (unpaired) electrons. The zero-order valence-electron chi connectivity index (χ0n) is 8.52. The van der Waals surface area contributed by atoms with Crippen LogP contribution in [0.2, 0.25) is 0 Å². The molecule has 0 bridgehead atoms. The van der Waals surface area contributed by atoms with E-state index in [2.05, 4.69) is 5.32 Å². The standard InChI is InChI=1S/C12H15NO2/c14-12(15)11-8-4-7-10(13-11)9-5-2-1-3-6-9/h1-3,5-6,10-11,13H,4,7-8H2,(H,14,15)/t10-,11+/m0/s1. The number of carbonyl (C=O) groups is 1. The van der Waals surface area contributed by atoms with Crippen molar-refractivity contribution in [3.63, 3.8) is 0 Å². The second kappa shape index (κ2) is 4.45. The molecule has 1 fully saturated rings. The fourth-order valence-electron chi connectivity index (χ4n) is 2.08. The summed E-state index contributed by atoms with van der Waals surface area (Å²) in [5.41, 5.74) is 1.18. The maximum absolute atomic E-state index is 10.9. The van der Waals surface area contributed by atoms with Crippen molar-refractivity contribution in [2.45, 2.75) is 31.3 Å². The highest BCUT2D eigenvalue weighted by Gasteiger charge is 2.26. The summed E-state index contributed by atoms with van der Waals surface area (Å²) >= 11 is 0. The fraction of sp³-hybridized carbons (Fsp3) is 0.417. The molecule has 80 valence electrons. The number of rotatable bonds is 2. The Morgan fingerprint density at radius 1 is 1.27 bits per heavy atom. The van der Waals surface area contributed by atoms with E-state index >= 15 is 0 Å². The molecule has 15 heavy (non-hydrogen) atoms. The first-order valence-corrected chi connectivity index (χ1v) is 5.31. The zero-order valence-corrected chi connectivity index (χ0v) is 8.52. The van der Waals surface area contributed by atoms with Gasteiger partial charge in [0.05, 0.1) is 0 Å². The first-order valence-electron chi connectivity index (χ1n) is 5.31. The summed E-state index contributed by atoms with van der Waals surface area (Å²) < 4.78 is 0. The monoisotopic (exact) mass is 205 g/mol. The van der Waals surface area contributed by atoms with Gasteiger partial charge < -0.3 is 5.11 Å². The summed E-state index contributed by atoms with van der Waals surface area (Å²) in [5, 5.41) is 12.1. The number of piperidine rings is 1. The second-order valence-electron chi connectivity index (χ2n) is 3.95. The van der Waals surface area contributed by atoms with Gasteiger partial charge >= 0.3 is 5.97 Å². The van der Waals surface area contributed by atoms with Crippen molar-refractivity contribution in [2.75, 3.05) is 0 Å². The highest BCUT2D eigenvalue weighted by molar-refractivity contribution is 5.73. The second-order valence-corrected chi connectivity index (χ2v) is 3.95. The summed E-state index contributed by atoms with van der Waals surface area (Å²) in [5.74, 6) is -0.740. The van der Waals surface area contributed by atoms with E-state index in [0.717, 1.165) is 19.3 Å². The van der Waals surface area contributed by atoms with Crippen LogP contribution in [0, 0.1) is 0 Å². The number of hydrogen-bond donors (Lipinski definition) is 2. The van der Waals surface area contributed by atoms with Gasteiger partial charge in [-0.3, -0.25) is 10.1 Å². The van der Waals surface area contributed by atoms with Crippen LogP contribution >= 0.6 is 0 Å². The van der Waals surface area contributed by atoms with E-state index in [1.807, 2.05) is 30.3 Å². The Morgan fingerprint density at radius 3 is 2.67 bits per heavy atom. The Bertz CT molecular complexity index is 337. The molecule has 2 rings (SSSR count). The lowest BCUT2D eigenvalue weighted by atomic mass is 9.93. The lowest BCUT2D eigenvalue weighted by Gasteiger charge is -2.28. The summed E-state index contributed by atoms with van der Waals surface area (Å²) in [7, 11) is 0. The van der Waals surface area contributed by atoms with Crippen molar-refractivity contribution in [2.24, 2.45) is 0 Å². The third-order valence-corrected chi connectivity index (χ3v) is 2.89. The predicted octanol–water partition coefficient (Wildman–Crippen LogP) is 1.95. The van der Waals surface area contributed by atoms with Gasteiger partial charge in [0.25, 0.3) is 0 Å². The van der Waals surface area contributed by atoms with E-state index in [1.54, 1.807) is 0 Å². The smallest absolute Gasteiger partial charge is 0.320 e. The van der Waals surface area contributed by atoms with Gasteiger partial charge in [-0.25, -0.2) is 0 Å². The number of benzene rings is 1. The highest BCUT2D eigenvalue weighted by Crippen LogP contribution is 2.25. The third-order valence-electron chi connectivity index (χ3n) is 2.89. The molecule has 0 spiro atoms. The topological polar surface area (TPSA) is 49.3 Å². The minimum Gasteiger partial charge on any atom is -0.480 e. The number of carboxylic acid groups (broad SMARTS) is 1. The van der Waals surface area contributed by atoms with Crippen LogP contribution in [-0.4, -0.2) is 17.1 Å². The Kier molecular flexibility index (Phi) is 3.02. The van der Waals surface area contributed by atoms with Crippen molar-refractivity contribution in [3.8, 4) is 0 Å². The highest BCUT2D eigenvalue weighted by atomic mass is 16.4. The molecule has 0 saturated carbocycles. The number of nitrogens with one attached hydrogen (secondary N) is 1. The van der Waals surface area contributed by atoms with E-state index in [1.165, 1.54) is 5.56 Å². The van der Waals surface area contributed by atoms with E-state index in [9.17, 15) is 4.79 Å². The van der Waals surface area contributed by atoms with Gasteiger partial charge in [-0.1, -0.05) is 30.3 Å². The quantitative estimate of drug-likeness (QED) is 0.776. The normalized spacial score (nSPS) is 26.1. The lowest BCUT2D eigenvalue weighted by Crippen LogP contribution is -2.42. The minimum absolute atomic E-state index is 0.195. The van der Waals surface area contributed by atoms with Crippen molar-refractivity contribution in [1.82, 2.24) is 5.32 Å². The summed E-state index contributed by atoms with van der Waals surface area (Å²) in [6.45, 7) is 0.